The first kappa shape index (κ1) is 22.1. The number of carboxylic acids is 1. The van der Waals surface area contributed by atoms with Crippen LogP contribution in [0.3, 0.4) is 0 Å². The number of ether oxygens (including phenoxy) is 3. The van der Waals surface area contributed by atoms with E-state index >= 15 is 0 Å². The second kappa shape index (κ2) is 9.96. The van der Waals surface area contributed by atoms with Crippen molar-refractivity contribution in [3.05, 3.63) is 52.2 Å². The lowest BCUT2D eigenvalue weighted by atomic mass is 9.96. The molecule has 0 bridgehead atoms. The van der Waals surface area contributed by atoms with Crippen molar-refractivity contribution in [1.29, 1.82) is 0 Å². The minimum Gasteiger partial charge on any atom is -0.478 e. The molecule has 30 heavy (non-hydrogen) atoms. The Bertz CT molecular complexity index is 910. The van der Waals surface area contributed by atoms with E-state index in [1.807, 2.05) is 19.9 Å². The van der Waals surface area contributed by atoms with Crippen LogP contribution in [0.25, 0.3) is 5.57 Å². The second-order valence-electron chi connectivity index (χ2n) is 7.21. The first-order valence-corrected chi connectivity index (χ1v) is 10.4. The number of carbonyl (C=O) groups is 1. The molecule has 1 N–H and O–H groups in total. The molecule has 0 aliphatic carbocycles. The third-order valence-electron chi connectivity index (χ3n) is 5.03. The van der Waals surface area contributed by atoms with Gasteiger partial charge in [-0.1, -0.05) is 18.5 Å². The number of hydrogen-bond donors (Lipinski definition) is 1. The highest BCUT2D eigenvalue weighted by molar-refractivity contribution is 6.32. The van der Waals surface area contributed by atoms with Crippen molar-refractivity contribution < 1.29 is 24.1 Å². The highest BCUT2D eigenvalue weighted by Gasteiger charge is 2.17. The largest absolute Gasteiger partial charge is 0.478 e. The van der Waals surface area contributed by atoms with E-state index in [1.54, 1.807) is 31.3 Å². The van der Waals surface area contributed by atoms with Gasteiger partial charge in [0.25, 0.3) is 0 Å². The number of nitrogens with zero attached hydrogens (tertiary/aromatic N) is 1. The van der Waals surface area contributed by atoms with Gasteiger partial charge in [0.15, 0.2) is 12.0 Å². The zero-order valence-electron chi connectivity index (χ0n) is 17.4. The number of aryl methyl sites for hydroxylation is 1. The topological polar surface area (TPSA) is 77.9 Å². The van der Waals surface area contributed by atoms with Crippen LogP contribution >= 0.6 is 11.6 Å². The molecule has 1 aliphatic heterocycles. The predicted octanol–water partition coefficient (Wildman–Crippen LogP) is 6.01. The smallest absolute Gasteiger partial charge is 0.331 e. The minimum atomic E-state index is -0.939. The molecule has 3 rings (SSSR count). The SMILES string of the molecule is CC/C(=C(/C)C(=O)O)c1cc(C)c(Oc2ccc(OC3CCCCO3)cn2)c(Cl)c1. The maximum Gasteiger partial charge on any atom is 0.331 e. The molecule has 6 nitrogen and oxygen atoms in total. The van der Waals surface area contributed by atoms with Crippen LogP contribution in [0.4, 0.5) is 0 Å². The number of halogens is 1. The Balaban J connectivity index is 1.76. The maximum atomic E-state index is 11.4. The third-order valence-corrected chi connectivity index (χ3v) is 5.31. The number of aromatic nitrogens is 1. The summed E-state index contributed by atoms with van der Waals surface area (Å²) in [5.41, 5.74) is 2.61. The van der Waals surface area contributed by atoms with Crippen molar-refractivity contribution in [3.8, 4) is 17.4 Å². The lowest BCUT2D eigenvalue weighted by molar-refractivity contribution is -0.132. The number of benzene rings is 1. The number of pyridine rings is 1. The Kier molecular flexibility index (Phi) is 7.34. The molecule has 1 aromatic carbocycles. The van der Waals surface area contributed by atoms with E-state index in [2.05, 4.69) is 4.98 Å². The van der Waals surface area contributed by atoms with E-state index in [1.165, 1.54) is 0 Å². The molecule has 7 heteroatoms. The molecular weight excluding hydrogens is 406 g/mol. The van der Waals surface area contributed by atoms with Crippen LogP contribution in [-0.2, 0) is 9.53 Å². The third kappa shape index (κ3) is 5.32. The Morgan fingerprint density at radius 3 is 2.70 bits per heavy atom. The van der Waals surface area contributed by atoms with Gasteiger partial charge < -0.3 is 19.3 Å². The van der Waals surface area contributed by atoms with E-state index in [4.69, 9.17) is 25.8 Å². The van der Waals surface area contributed by atoms with Gasteiger partial charge in [-0.15, -0.1) is 0 Å². The normalized spacial score (nSPS) is 17.3. The van der Waals surface area contributed by atoms with Crippen LogP contribution in [0, 0.1) is 6.92 Å². The Morgan fingerprint density at radius 2 is 2.13 bits per heavy atom. The van der Waals surface area contributed by atoms with Crippen molar-refractivity contribution in [2.24, 2.45) is 0 Å². The predicted molar refractivity (Wildman–Crippen MR) is 115 cm³/mol. The fourth-order valence-electron chi connectivity index (χ4n) is 3.41. The van der Waals surface area contributed by atoms with Gasteiger partial charge in [0, 0.05) is 18.1 Å². The molecule has 160 valence electrons. The lowest BCUT2D eigenvalue weighted by Gasteiger charge is -2.23. The number of allylic oxidation sites excluding steroid dienone is 1. The van der Waals surface area contributed by atoms with Gasteiger partial charge in [0.2, 0.25) is 5.88 Å². The summed E-state index contributed by atoms with van der Waals surface area (Å²) in [7, 11) is 0. The van der Waals surface area contributed by atoms with Crippen molar-refractivity contribution in [3.63, 3.8) is 0 Å². The fourth-order valence-corrected chi connectivity index (χ4v) is 3.71. The van der Waals surface area contributed by atoms with Gasteiger partial charge in [-0.3, -0.25) is 0 Å². The first-order chi connectivity index (χ1) is 14.4. The molecule has 2 aromatic rings. The highest BCUT2D eigenvalue weighted by Crippen LogP contribution is 2.36. The van der Waals surface area contributed by atoms with Gasteiger partial charge in [-0.25, -0.2) is 9.78 Å². The molecule has 1 unspecified atom stereocenters. The van der Waals surface area contributed by atoms with E-state index < -0.39 is 5.97 Å². The van der Waals surface area contributed by atoms with Crippen molar-refractivity contribution in [1.82, 2.24) is 4.98 Å². The zero-order chi connectivity index (χ0) is 21.7. The highest BCUT2D eigenvalue weighted by atomic mass is 35.5. The summed E-state index contributed by atoms with van der Waals surface area (Å²) >= 11 is 6.47. The second-order valence-corrected chi connectivity index (χ2v) is 7.62. The summed E-state index contributed by atoms with van der Waals surface area (Å²) in [5, 5.41) is 9.71. The van der Waals surface area contributed by atoms with Gasteiger partial charge in [0.1, 0.15) is 5.75 Å². The standard InChI is InChI=1S/C23H26ClNO5/c1-4-18(15(3)23(26)27)16-11-14(2)22(19(24)12-16)30-20-9-8-17(13-25-20)29-21-7-5-6-10-28-21/h8-9,11-13,21H,4-7,10H2,1-3H3,(H,26,27)/b18-15+. The van der Waals surface area contributed by atoms with Gasteiger partial charge in [0.05, 0.1) is 17.8 Å². The summed E-state index contributed by atoms with van der Waals surface area (Å²) in [5.74, 6) is 0.554. The van der Waals surface area contributed by atoms with Gasteiger partial charge >= 0.3 is 5.97 Å². The van der Waals surface area contributed by atoms with Crippen LogP contribution in [0.2, 0.25) is 5.02 Å². The average molecular weight is 432 g/mol. The Morgan fingerprint density at radius 1 is 1.33 bits per heavy atom. The summed E-state index contributed by atoms with van der Waals surface area (Å²) in [6, 6.07) is 7.11. The fraction of sp³-hybridized carbons (Fsp3) is 0.391. The number of carboxylic acid groups (broad SMARTS) is 1. The van der Waals surface area contributed by atoms with Crippen LogP contribution in [0.1, 0.15) is 50.7 Å². The molecule has 1 atom stereocenters. The number of hydrogen-bond acceptors (Lipinski definition) is 5. The van der Waals surface area contributed by atoms with E-state index in [0.717, 1.165) is 36.0 Å². The Labute approximate surface area is 181 Å². The molecular formula is C23H26ClNO5. The molecule has 1 fully saturated rings. The van der Waals surface area contributed by atoms with Crippen LogP contribution in [0.15, 0.2) is 36.0 Å². The van der Waals surface area contributed by atoms with Crippen LogP contribution < -0.4 is 9.47 Å². The quantitative estimate of drug-likeness (QED) is 0.541. The van der Waals surface area contributed by atoms with E-state index in [-0.39, 0.29) is 6.29 Å². The molecule has 1 aliphatic rings. The summed E-state index contributed by atoms with van der Waals surface area (Å²) in [6.07, 6.45) is 4.98. The first-order valence-electron chi connectivity index (χ1n) is 10.0. The van der Waals surface area contributed by atoms with Gasteiger partial charge in [-0.05, 0) is 68.0 Å². The zero-order valence-corrected chi connectivity index (χ0v) is 18.2. The summed E-state index contributed by atoms with van der Waals surface area (Å²) < 4.78 is 17.3. The summed E-state index contributed by atoms with van der Waals surface area (Å²) in [6.45, 7) is 6.10. The van der Waals surface area contributed by atoms with Crippen molar-refractivity contribution in [2.75, 3.05) is 6.61 Å². The maximum absolute atomic E-state index is 11.4. The van der Waals surface area contributed by atoms with Crippen molar-refractivity contribution >= 4 is 23.1 Å². The molecule has 0 spiro atoms. The number of aliphatic carboxylic acids is 1. The molecule has 1 saturated heterocycles. The lowest BCUT2D eigenvalue weighted by Crippen LogP contribution is -2.24. The minimum absolute atomic E-state index is 0.230. The van der Waals surface area contributed by atoms with E-state index in [0.29, 0.717) is 41.0 Å². The van der Waals surface area contributed by atoms with Crippen LogP contribution in [0.5, 0.6) is 17.4 Å². The molecule has 0 amide bonds. The summed E-state index contributed by atoms with van der Waals surface area (Å²) in [4.78, 5) is 15.7. The Hall–Kier alpha value is -2.57. The van der Waals surface area contributed by atoms with E-state index in [9.17, 15) is 9.90 Å². The average Bonchev–Trinajstić information content (AvgIpc) is 2.73. The molecule has 0 radical (unpaired) electrons. The number of rotatable bonds is 7. The monoisotopic (exact) mass is 431 g/mol. The van der Waals surface area contributed by atoms with Gasteiger partial charge in [-0.2, -0.15) is 0 Å². The molecule has 0 saturated carbocycles. The van der Waals surface area contributed by atoms with Crippen LogP contribution in [-0.4, -0.2) is 29.0 Å². The molecule has 2 heterocycles. The van der Waals surface area contributed by atoms with Crippen molar-refractivity contribution in [2.45, 2.75) is 52.7 Å². The molecule has 1 aromatic heterocycles.